The average molecular weight is 416 g/mol. The van der Waals surface area contributed by atoms with Crippen LogP contribution in [0.2, 0.25) is 0 Å². The Bertz CT molecular complexity index is 875. The summed E-state index contributed by atoms with van der Waals surface area (Å²) in [5.74, 6) is -2.29. The highest BCUT2D eigenvalue weighted by Crippen LogP contribution is 2.13. The highest BCUT2D eigenvalue weighted by molar-refractivity contribution is 6.02. The number of carbonyl (C=O) groups excluding carboxylic acids is 4. The van der Waals surface area contributed by atoms with E-state index in [9.17, 15) is 19.2 Å². The summed E-state index contributed by atoms with van der Waals surface area (Å²) >= 11 is 0. The smallest absolute Gasteiger partial charge is 0.338 e. The topological polar surface area (TPSA) is 124 Å². The third-order valence-electron chi connectivity index (χ3n) is 4.44. The molecule has 0 saturated heterocycles. The fourth-order valence-electron chi connectivity index (χ4n) is 2.52. The van der Waals surface area contributed by atoms with Gasteiger partial charge in [-0.25, -0.2) is 9.59 Å². The summed E-state index contributed by atoms with van der Waals surface area (Å²) in [5.41, 5.74) is 0.658. The van der Waals surface area contributed by atoms with E-state index in [0.29, 0.717) is 12.1 Å². The van der Waals surface area contributed by atoms with Crippen LogP contribution in [0, 0.1) is 5.92 Å². The first-order valence-electron chi connectivity index (χ1n) is 9.35. The average Bonchev–Trinajstić information content (AvgIpc) is 3.30. The zero-order valence-corrected chi connectivity index (χ0v) is 17.0. The first-order valence-corrected chi connectivity index (χ1v) is 9.35. The van der Waals surface area contributed by atoms with Crippen LogP contribution in [0.5, 0.6) is 0 Å². The molecule has 160 valence electrons. The normalized spacial score (nSPS) is 12.4. The SMILES string of the molecule is CC[C@H](C)[C@@H](NC(=O)COC(=O)c1ccc(NC(=O)c2ccco2)cc1)C(=O)OC. The lowest BCUT2D eigenvalue weighted by Crippen LogP contribution is -2.47. The first kappa shape index (κ1) is 22.7. The van der Waals surface area contributed by atoms with Crippen LogP contribution in [0.25, 0.3) is 0 Å². The summed E-state index contributed by atoms with van der Waals surface area (Å²) < 4.78 is 14.7. The van der Waals surface area contributed by atoms with E-state index in [1.165, 1.54) is 43.7 Å². The van der Waals surface area contributed by atoms with Gasteiger partial charge in [0, 0.05) is 5.69 Å². The van der Waals surface area contributed by atoms with Gasteiger partial charge in [0.2, 0.25) is 0 Å². The van der Waals surface area contributed by atoms with Crippen molar-refractivity contribution in [3.8, 4) is 0 Å². The van der Waals surface area contributed by atoms with E-state index in [0.717, 1.165) is 0 Å². The Morgan fingerprint density at radius 2 is 1.80 bits per heavy atom. The number of esters is 2. The molecule has 0 saturated carbocycles. The maximum Gasteiger partial charge on any atom is 0.338 e. The molecule has 2 atom stereocenters. The van der Waals surface area contributed by atoms with E-state index >= 15 is 0 Å². The summed E-state index contributed by atoms with van der Waals surface area (Å²) in [4.78, 5) is 47.9. The van der Waals surface area contributed by atoms with Gasteiger partial charge in [-0.2, -0.15) is 0 Å². The highest BCUT2D eigenvalue weighted by atomic mass is 16.5. The van der Waals surface area contributed by atoms with Crippen molar-refractivity contribution in [2.45, 2.75) is 26.3 Å². The molecule has 30 heavy (non-hydrogen) atoms. The minimum Gasteiger partial charge on any atom is -0.467 e. The summed E-state index contributed by atoms with van der Waals surface area (Å²) in [7, 11) is 1.24. The van der Waals surface area contributed by atoms with Crippen molar-refractivity contribution in [1.29, 1.82) is 0 Å². The lowest BCUT2D eigenvalue weighted by molar-refractivity contribution is -0.147. The van der Waals surface area contributed by atoms with Crippen LogP contribution < -0.4 is 10.6 Å². The quantitative estimate of drug-likeness (QED) is 0.602. The summed E-state index contributed by atoms with van der Waals surface area (Å²) in [5, 5.41) is 5.14. The lowest BCUT2D eigenvalue weighted by Gasteiger charge is -2.21. The van der Waals surface area contributed by atoms with E-state index in [1.54, 1.807) is 13.0 Å². The second kappa shape index (κ2) is 10.8. The molecule has 9 nitrogen and oxygen atoms in total. The number of ether oxygens (including phenoxy) is 2. The van der Waals surface area contributed by atoms with Crippen molar-refractivity contribution < 1.29 is 33.1 Å². The molecule has 0 bridgehead atoms. The Labute approximate surface area is 173 Å². The van der Waals surface area contributed by atoms with Gasteiger partial charge in [0.05, 0.1) is 18.9 Å². The number of nitrogens with one attached hydrogen (secondary N) is 2. The number of anilines is 1. The van der Waals surface area contributed by atoms with Gasteiger partial charge in [-0.3, -0.25) is 9.59 Å². The van der Waals surface area contributed by atoms with Crippen LogP contribution in [0.15, 0.2) is 47.1 Å². The van der Waals surface area contributed by atoms with Crippen molar-refractivity contribution in [3.63, 3.8) is 0 Å². The fourth-order valence-corrected chi connectivity index (χ4v) is 2.52. The van der Waals surface area contributed by atoms with Crippen LogP contribution in [0.1, 0.15) is 41.2 Å². The van der Waals surface area contributed by atoms with Crippen molar-refractivity contribution >= 4 is 29.4 Å². The molecule has 0 unspecified atom stereocenters. The number of benzene rings is 1. The zero-order valence-electron chi connectivity index (χ0n) is 17.0. The predicted octanol–water partition coefficient (Wildman–Crippen LogP) is 2.39. The number of carbonyl (C=O) groups is 4. The van der Waals surface area contributed by atoms with Gasteiger partial charge in [0.25, 0.3) is 11.8 Å². The minimum absolute atomic E-state index is 0.138. The molecule has 2 aromatic rings. The second-order valence-electron chi connectivity index (χ2n) is 6.54. The largest absolute Gasteiger partial charge is 0.467 e. The van der Waals surface area contributed by atoms with Crippen molar-refractivity contribution in [3.05, 3.63) is 54.0 Å². The van der Waals surface area contributed by atoms with E-state index in [4.69, 9.17) is 13.9 Å². The Balaban J connectivity index is 1.87. The monoisotopic (exact) mass is 416 g/mol. The Morgan fingerprint density at radius 1 is 1.10 bits per heavy atom. The zero-order chi connectivity index (χ0) is 22.1. The lowest BCUT2D eigenvalue weighted by atomic mass is 9.99. The number of methoxy groups -OCH3 is 1. The number of hydrogen-bond donors (Lipinski definition) is 2. The fraction of sp³-hybridized carbons (Fsp3) is 0.333. The van der Waals surface area contributed by atoms with E-state index in [2.05, 4.69) is 10.6 Å². The Morgan fingerprint density at radius 3 is 2.37 bits per heavy atom. The summed E-state index contributed by atoms with van der Waals surface area (Å²) in [6, 6.07) is 8.26. The van der Waals surface area contributed by atoms with E-state index < -0.39 is 36.4 Å². The molecule has 0 aliphatic heterocycles. The van der Waals surface area contributed by atoms with Crippen LogP contribution in [0.4, 0.5) is 5.69 Å². The maximum atomic E-state index is 12.1. The maximum absolute atomic E-state index is 12.1. The molecule has 2 rings (SSSR count). The van der Waals surface area contributed by atoms with Gasteiger partial charge in [-0.1, -0.05) is 20.3 Å². The molecule has 2 N–H and O–H groups in total. The predicted molar refractivity (Wildman–Crippen MR) is 107 cm³/mol. The standard InChI is InChI=1S/C21H24N2O7/c1-4-13(2)18(21(27)28-3)23-17(24)12-30-20(26)14-7-9-15(10-8-14)22-19(25)16-6-5-11-29-16/h5-11,13,18H,4,12H2,1-3H3,(H,22,25)(H,23,24)/t13-,18+/m0/s1. The van der Waals surface area contributed by atoms with Gasteiger partial charge < -0.3 is 24.5 Å². The molecule has 1 aromatic carbocycles. The third kappa shape index (κ3) is 6.20. The number of amides is 2. The molecule has 0 radical (unpaired) electrons. The van der Waals surface area contributed by atoms with Crippen molar-refractivity contribution in [2.24, 2.45) is 5.92 Å². The number of furan rings is 1. The number of hydrogen-bond acceptors (Lipinski definition) is 7. The van der Waals surface area contributed by atoms with Gasteiger partial charge >= 0.3 is 11.9 Å². The van der Waals surface area contributed by atoms with Crippen LogP contribution in [-0.2, 0) is 19.1 Å². The highest BCUT2D eigenvalue weighted by Gasteiger charge is 2.27. The van der Waals surface area contributed by atoms with Gasteiger partial charge in [-0.15, -0.1) is 0 Å². The van der Waals surface area contributed by atoms with Gasteiger partial charge in [0.15, 0.2) is 12.4 Å². The first-order chi connectivity index (χ1) is 14.3. The van der Waals surface area contributed by atoms with Crippen LogP contribution in [0.3, 0.4) is 0 Å². The second-order valence-corrected chi connectivity index (χ2v) is 6.54. The molecule has 9 heteroatoms. The minimum atomic E-state index is -0.816. The number of rotatable bonds is 9. The Kier molecular flexibility index (Phi) is 8.16. The van der Waals surface area contributed by atoms with E-state index in [1.807, 2.05) is 6.92 Å². The molecule has 1 aromatic heterocycles. The third-order valence-corrected chi connectivity index (χ3v) is 4.44. The molecule has 1 heterocycles. The molecule has 0 aliphatic rings. The molecule has 2 amide bonds. The van der Waals surface area contributed by atoms with Crippen LogP contribution in [-0.4, -0.2) is 43.5 Å². The van der Waals surface area contributed by atoms with Gasteiger partial charge in [0.1, 0.15) is 6.04 Å². The summed E-state index contributed by atoms with van der Waals surface area (Å²) in [6.07, 6.45) is 2.04. The summed E-state index contributed by atoms with van der Waals surface area (Å²) in [6.45, 7) is 3.15. The van der Waals surface area contributed by atoms with Gasteiger partial charge in [-0.05, 0) is 42.3 Å². The van der Waals surface area contributed by atoms with Crippen molar-refractivity contribution in [2.75, 3.05) is 19.0 Å². The Hall–Kier alpha value is -3.62. The van der Waals surface area contributed by atoms with Crippen molar-refractivity contribution in [1.82, 2.24) is 5.32 Å². The molecular formula is C21H24N2O7. The molecule has 0 fully saturated rings. The van der Waals surface area contributed by atoms with E-state index in [-0.39, 0.29) is 17.2 Å². The molecule has 0 spiro atoms. The van der Waals surface area contributed by atoms with Crippen LogP contribution >= 0.6 is 0 Å². The molecule has 0 aliphatic carbocycles. The molecular weight excluding hydrogens is 392 g/mol.